The van der Waals surface area contributed by atoms with Crippen LogP contribution in [-0.4, -0.2) is 35.2 Å². The Hall–Kier alpha value is -1.36. The first kappa shape index (κ1) is 10.2. The van der Waals surface area contributed by atoms with Crippen LogP contribution < -0.4 is 10.6 Å². The molecular formula is C10H16N4O. The van der Waals surface area contributed by atoms with Gasteiger partial charge in [0, 0.05) is 18.9 Å². The zero-order chi connectivity index (χ0) is 10.5. The number of piperidine rings is 1. The molecule has 15 heavy (non-hydrogen) atoms. The number of imidazole rings is 1. The fourth-order valence-electron chi connectivity index (χ4n) is 1.79. The first-order valence-electron chi connectivity index (χ1n) is 5.33. The van der Waals surface area contributed by atoms with Crippen LogP contribution in [0.2, 0.25) is 0 Å². The predicted molar refractivity (Wildman–Crippen MR) is 56.6 cm³/mol. The van der Waals surface area contributed by atoms with E-state index in [1.165, 1.54) is 10.9 Å². The van der Waals surface area contributed by atoms with Gasteiger partial charge in [-0.05, 0) is 31.8 Å². The minimum atomic E-state index is -0.0916. The molecule has 1 fully saturated rings. The fraction of sp³-hybridized carbons (Fsp3) is 0.600. The molecule has 82 valence electrons. The first-order chi connectivity index (χ1) is 7.36. The Kier molecular flexibility index (Phi) is 3.34. The Morgan fingerprint density at radius 2 is 2.33 bits per heavy atom. The van der Waals surface area contributed by atoms with Gasteiger partial charge in [0.25, 0.3) is 0 Å². The predicted octanol–water partition coefficient (Wildman–Crippen LogP) is 0.440. The molecular weight excluding hydrogens is 192 g/mol. The molecule has 0 aromatic carbocycles. The number of aromatic nitrogens is 2. The zero-order valence-electron chi connectivity index (χ0n) is 8.65. The van der Waals surface area contributed by atoms with Crippen LogP contribution in [0, 0.1) is 5.92 Å². The summed E-state index contributed by atoms with van der Waals surface area (Å²) >= 11 is 0. The van der Waals surface area contributed by atoms with Crippen molar-refractivity contribution >= 4 is 6.03 Å². The van der Waals surface area contributed by atoms with Crippen molar-refractivity contribution < 1.29 is 4.79 Å². The van der Waals surface area contributed by atoms with Crippen LogP contribution in [0.1, 0.15) is 12.8 Å². The molecule has 1 aromatic rings. The molecule has 0 radical (unpaired) electrons. The number of hydrogen-bond donors (Lipinski definition) is 2. The smallest absolute Gasteiger partial charge is 0.326 e. The Labute approximate surface area is 88.9 Å². The van der Waals surface area contributed by atoms with E-state index in [4.69, 9.17) is 0 Å². The van der Waals surface area contributed by atoms with Gasteiger partial charge in [-0.1, -0.05) is 0 Å². The van der Waals surface area contributed by atoms with E-state index >= 15 is 0 Å². The lowest BCUT2D eigenvalue weighted by Crippen LogP contribution is -2.37. The topological polar surface area (TPSA) is 59.0 Å². The van der Waals surface area contributed by atoms with Crippen LogP contribution in [0.4, 0.5) is 4.79 Å². The second-order valence-electron chi connectivity index (χ2n) is 3.85. The van der Waals surface area contributed by atoms with Gasteiger partial charge >= 0.3 is 6.03 Å². The third kappa shape index (κ3) is 2.79. The van der Waals surface area contributed by atoms with E-state index in [1.807, 2.05) is 0 Å². The van der Waals surface area contributed by atoms with Crippen molar-refractivity contribution in [1.82, 2.24) is 20.2 Å². The van der Waals surface area contributed by atoms with E-state index in [-0.39, 0.29) is 6.03 Å². The molecule has 0 saturated carbocycles. The molecule has 0 spiro atoms. The van der Waals surface area contributed by atoms with E-state index in [9.17, 15) is 4.79 Å². The van der Waals surface area contributed by atoms with Gasteiger partial charge in [0.05, 0.1) is 0 Å². The van der Waals surface area contributed by atoms with Gasteiger partial charge in [-0.3, -0.25) is 4.57 Å². The summed E-state index contributed by atoms with van der Waals surface area (Å²) in [5, 5.41) is 6.21. The molecule has 1 aromatic heterocycles. The van der Waals surface area contributed by atoms with Gasteiger partial charge < -0.3 is 10.6 Å². The van der Waals surface area contributed by atoms with Crippen molar-refractivity contribution in [3.63, 3.8) is 0 Å². The second-order valence-corrected chi connectivity index (χ2v) is 3.85. The third-order valence-corrected chi connectivity index (χ3v) is 2.74. The summed E-state index contributed by atoms with van der Waals surface area (Å²) < 4.78 is 1.46. The Morgan fingerprint density at radius 1 is 1.53 bits per heavy atom. The minimum absolute atomic E-state index is 0.0916. The number of hydrogen-bond acceptors (Lipinski definition) is 3. The Bertz CT molecular complexity index is 303. The number of carbonyl (C=O) groups is 1. The van der Waals surface area contributed by atoms with Gasteiger partial charge in [0.2, 0.25) is 0 Å². The molecule has 1 aliphatic heterocycles. The molecule has 1 amide bonds. The number of nitrogens with one attached hydrogen (secondary N) is 2. The summed E-state index contributed by atoms with van der Waals surface area (Å²) in [6, 6.07) is -0.0916. The lowest BCUT2D eigenvalue weighted by Gasteiger charge is -2.22. The van der Waals surface area contributed by atoms with Crippen molar-refractivity contribution in [2.75, 3.05) is 19.6 Å². The summed E-state index contributed by atoms with van der Waals surface area (Å²) in [6.45, 7) is 2.88. The summed E-state index contributed by atoms with van der Waals surface area (Å²) in [6.07, 6.45) is 7.05. The van der Waals surface area contributed by atoms with Crippen LogP contribution >= 0.6 is 0 Å². The SMILES string of the molecule is O=C(NCC1CCNCC1)n1ccnc1. The van der Waals surface area contributed by atoms with Crippen molar-refractivity contribution in [3.8, 4) is 0 Å². The van der Waals surface area contributed by atoms with Crippen LogP contribution in [0.3, 0.4) is 0 Å². The molecule has 1 aliphatic rings. The normalized spacial score (nSPS) is 17.6. The Balaban J connectivity index is 1.75. The highest BCUT2D eigenvalue weighted by Gasteiger charge is 2.13. The third-order valence-electron chi connectivity index (χ3n) is 2.74. The highest BCUT2D eigenvalue weighted by Crippen LogP contribution is 2.09. The summed E-state index contributed by atoms with van der Waals surface area (Å²) in [5.74, 6) is 0.610. The van der Waals surface area contributed by atoms with Gasteiger partial charge in [-0.15, -0.1) is 0 Å². The number of nitrogens with zero attached hydrogens (tertiary/aromatic N) is 2. The molecule has 0 atom stereocenters. The molecule has 1 saturated heterocycles. The largest absolute Gasteiger partial charge is 0.337 e. The monoisotopic (exact) mass is 208 g/mol. The number of rotatable bonds is 2. The number of amides is 1. The van der Waals surface area contributed by atoms with Crippen molar-refractivity contribution in [3.05, 3.63) is 18.7 Å². The first-order valence-corrected chi connectivity index (χ1v) is 5.33. The summed E-state index contributed by atoms with van der Waals surface area (Å²) in [4.78, 5) is 15.4. The standard InChI is InChI=1S/C10H16N4O/c15-10(14-6-5-12-8-14)13-7-9-1-3-11-4-2-9/h5-6,8-9,11H,1-4,7H2,(H,13,15). The molecule has 2 rings (SSSR count). The molecule has 0 aliphatic carbocycles. The molecule has 0 unspecified atom stereocenters. The van der Waals surface area contributed by atoms with Gasteiger partial charge in [-0.2, -0.15) is 0 Å². The maximum absolute atomic E-state index is 11.5. The van der Waals surface area contributed by atoms with Gasteiger partial charge in [-0.25, -0.2) is 9.78 Å². The average molecular weight is 208 g/mol. The molecule has 5 heteroatoms. The molecule has 0 bridgehead atoms. The molecule has 5 nitrogen and oxygen atoms in total. The van der Waals surface area contributed by atoms with Crippen molar-refractivity contribution in [2.45, 2.75) is 12.8 Å². The zero-order valence-corrected chi connectivity index (χ0v) is 8.65. The number of carbonyl (C=O) groups excluding carboxylic acids is 1. The van der Waals surface area contributed by atoms with E-state index < -0.39 is 0 Å². The summed E-state index contributed by atoms with van der Waals surface area (Å²) in [5.41, 5.74) is 0. The van der Waals surface area contributed by atoms with Crippen molar-refractivity contribution in [2.24, 2.45) is 5.92 Å². The fourth-order valence-corrected chi connectivity index (χ4v) is 1.79. The Morgan fingerprint density at radius 3 is 3.00 bits per heavy atom. The molecule has 2 heterocycles. The second kappa shape index (κ2) is 4.93. The molecule has 2 N–H and O–H groups in total. The lowest BCUT2D eigenvalue weighted by atomic mass is 9.98. The minimum Gasteiger partial charge on any atom is -0.337 e. The van der Waals surface area contributed by atoms with E-state index in [0.717, 1.165) is 32.5 Å². The van der Waals surface area contributed by atoms with E-state index in [2.05, 4.69) is 15.6 Å². The lowest BCUT2D eigenvalue weighted by molar-refractivity contribution is 0.238. The van der Waals surface area contributed by atoms with Crippen LogP contribution in [0.15, 0.2) is 18.7 Å². The van der Waals surface area contributed by atoms with E-state index in [0.29, 0.717) is 5.92 Å². The van der Waals surface area contributed by atoms with E-state index in [1.54, 1.807) is 12.4 Å². The van der Waals surface area contributed by atoms with Crippen LogP contribution in [0.5, 0.6) is 0 Å². The van der Waals surface area contributed by atoms with Crippen molar-refractivity contribution in [1.29, 1.82) is 0 Å². The quantitative estimate of drug-likeness (QED) is 0.741. The highest BCUT2D eigenvalue weighted by molar-refractivity contribution is 5.76. The maximum atomic E-state index is 11.5. The maximum Gasteiger partial charge on any atom is 0.326 e. The van der Waals surface area contributed by atoms with Gasteiger partial charge in [0.15, 0.2) is 0 Å². The van der Waals surface area contributed by atoms with Crippen LogP contribution in [0.25, 0.3) is 0 Å². The summed E-state index contributed by atoms with van der Waals surface area (Å²) in [7, 11) is 0. The average Bonchev–Trinajstić information content (AvgIpc) is 2.81. The van der Waals surface area contributed by atoms with Gasteiger partial charge in [0.1, 0.15) is 6.33 Å². The highest BCUT2D eigenvalue weighted by atomic mass is 16.2. The van der Waals surface area contributed by atoms with Crippen LogP contribution in [-0.2, 0) is 0 Å².